The lowest BCUT2D eigenvalue weighted by atomic mass is 10.2. The molecule has 0 saturated carbocycles. The fourth-order valence-electron chi connectivity index (χ4n) is 1.72. The van der Waals surface area contributed by atoms with Crippen LogP contribution in [0.2, 0.25) is 0 Å². The number of ether oxygens (including phenoxy) is 4. The van der Waals surface area contributed by atoms with Gasteiger partial charge in [0.15, 0.2) is 11.5 Å². The van der Waals surface area contributed by atoms with Gasteiger partial charge in [-0.25, -0.2) is 0 Å². The second kappa shape index (κ2) is 10.7. The third kappa shape index (κ3) is 5.55. The maximum atomic E-state index is 5.91. The van der Waals surface area contributed by atoms with Gasteiger partial charge in [-0.2, -0.15) is 0 Å². The molecule has 0 aromatic carbocycles. The van der Waals surface area contributed by atoms with Gasteiger partial charge in [-0.05, 0) is 12.8 Å². The first-order valence-electron chi connectivity index (χ1n) is 7.33. The van der Waals surface area contributed by atoms with Gasteiger partial charge >= 0.3 is 0 Å². The third-order valence-corrected chi connectivity index (χ3v) is 3.08. The number of unbranched alkanes of at least 4 members (excludes halogenated alkanes) is 3. The summed E-state index contributed by atoms with van der Waals surface area (Å²) in [4.78, 5) is 0. The van der Waals surface area contributed by atoms with Crippen molar-refractivity contribution in [3.63, 3.8) is 0 Å². The van der Waals surface area contributed by atoms with Crippen LogP contribution in [0.4, 0.5) is 0 Å². The van der Waals surface area contributed by atoms with Crippen molar-refractivity contribution in [2.24, 2.45) is 0 Å². The molecule has 0 heterocycles. The van der Waals surface area contributed by atoms with E-state index in [1.807, 2.05) is 0 Å². The Bertz CT molecular complexity index is 270. The molecule has 0 aromatic heterocycles. The van der Waals surface area contributed by atoms with E-state index in [2.05, 4.69) is 27.0 Å². The molecule has 0 rings (SSSR count). The topological polar surface area (TPSA) is 36.9 Å². The highest BCUT2D eigenvalue weighted by atomic mass is 16.7. The van der Waals surface area contributed by atoms with Crippen LogP contribution in [0.3, 0.4) is 0 Å². The predicted molar refractivity (Wildman–Crippen MR) is 81.4 cm³/mol. The molecule has 0 aliphatic rings. The highest BCUT2D eigenvalue weighted by Gasteiger charge is 2.42. The highest BCUT2D eigenvalue weighted by molar-refractivity contribution is 5.17. The quantitative estimate of drug-likeness (QED) is 0.291. The normalized spacial score (nSPS) is 11.2. The Hall–Kier alpha value is -1.00. The van der Waals surface area contributed by atoms with Crippen molar-refractivity contribution in [2.75, 3.05) is 27.4 Å². The van der Waals surface area contributed by atoms with Crippen molar-refractivity contribution in [2.45, 2.75) is 51.7 Å². The summed E-state index contributed by atoms with van der Waals surface area (Å²) >= 11 is 0. The summed E-state index contributed by atoms with van der Waals surface area (Å²) in [5.74, 6) is -0.499. The van der Waals surface area contributed by atoms with Gasteiger partial charge in [0.05, 0.1) is 27.4 Å². The summed E-state index contributed by atoms with van der Waals surface area (Å²) in [5.41, 5.74) is 0. The first-order chi connectivity index (χ1) is 9.58. The number of rotatable bonds is 13. The molecular weight excluding hydrogens is 256 g/mol. The molecule has 0 spiro atoms. The maximum Gasteiger partial charge on any atom is 0.286 e. The number of methoxy groups -OCH3 is 2. The highest BCUT2D eigenvalue weighted by Crippen LogP contribution is 2.31. The molecule has 0 aromatic rings. The maximum absolute atomic E-state index is 5.91. The Kier molecular flexibility index (Phi) is 10.2. The van der Waals surface area contributed by atoms with Crippen molar-refractivity contribution in [1.82, 2.24) is 0 Å². The van der Waals surface area contributed by atoms with Gasteiger partial charge in [0.25, 0.3) is 5.79 Å². The molecule has 0 amide bonds. The van der Waals surface area contributed by atoms with Crippen molar-refractivity contribution in [3.8, 4) is 0 Å². The third-order valence-electron chi connectivity index (χ3n) is 3.08. The standard InChI is InChI=1S/C16H30O4/c1-7-9-11-13-20-16(14(3)17-5,15(4)18-6)19-12-10-8-2/h3-4,7-13H2,1-2,5-6H3. The summed E-state index contributed by atoms with van der Waals surface area (Å²) in [6, 6.07) is 0. The van der Waals surface area contributed by atoms with Gasteiger partial charge in [-0.15, -0.1) is 0 Å². The molecule has 0 unspecified atom stereocenters. The van der Waals surface area contributed by atoms with Crippen LogP contribution in [0.5, 0.6) is 0 Å². The molecule has 0 saturated heterocycles. The van der Waals surface area contributed by atoms with Crippen molar-refractivity contribution >= 4 is 0 Å². The molecule has 20 heavy (non-hydrogen) atoms. The number of hydrogen-bond donors (Lipinski definition) is 0. The fraction of sp³-hybridized carbons (Fsp3) is 0.750. The lowest BCUT2D eigenvalue weighted by Gasteiger charge is -2.34. The van der Waals surface area contributed by atoms with Gasteiger partial charge in [-0.3, -0.25) is 0 Å². The van der Waals surface area contributed by atoms with Crippen LogP contribution < -0.4 is 0 Å². The van der Waals surface area contributed by atoms with Gasteiger partial charge in [0.2, 0.25) is 0 Å². The van der Waals surface area contributed by atoms with E-state index < -0.39 is 5.79 Å². The first-order valence-corrected chi connectivity index (χ1v) is 7.33. The Labute approximate surface area is 123 Å². The van der Waals surface area contributed by atoms with Crippen molar-refractivity contribution in [3.05, 3.63) is 24.7 Å². The van der Waals surface area contributed by atoms with E-state index >= 15 is 0 Å². The predicted octanol–water partition coefficient (Wildman–Crippen LogP) is 4.03. The lowest BCUT2D eigenvalue weighted by molar-refractivity contribution is -0.224. The van der Waals surface area contributed by atoms with E-state index in [1.54, 1.807) is 14.2 Å². The van der Waals surface area contributed by atoms with Gasteiger partial charge in [0, 0.05) is 0 Å². The summed E-state index contributed by atoms with van der Waals surface area (Å²) in [6.07, 6.45) is 5.13. The molecule has 0 atom stereocenters. The molecule has 4 heteroatoms. The van der Waals surface area contributed by atoms with Crippen LogP contribution in [0.15, 0.2) is 24.7 Å². The fourth-order valence-corrected chi connectivity index (χ4v) is 1.72. The van der Waals surface area contributed by atoms with Crippen molar-refractivity contribution in [1.29, 1.82) is 0 Å². The second-order valence-electron chi connectivity index (χ2n) is 4.63. The van der Waals surface area contributed by atoms with Gasteiger partial charge in [0.1, 0.15) is 0 Å². The molecule has 0 N–H and O–H groups in total. The van der Waals surface area contributed by atoms with E-state index in [1.165, 1.54) is 0 Å². The monoisotopic (exact) mass is 286 g/mol. The average Bonchev–Trinajstić information content (AvgIpc) is 2.48. The van der Waals surface area contributed by atoms with Crippen LogP contribution in [0, 0.1) is 0 Å². The summed E-state index contributed by atoms with van der Waals surface area (Å²) in [7, 11) is 3.08. The zero-order valence-corrected chi connectivity index (χ0v) is 13.5. The van der Waals surface area contributed by atoms with Crippen LogP contribution in [0.1, 0.15) is 46.0 Å². The number of hydrogen-bond acceptors (Lipinski definition) is 4. The van der Waals surface area contributed by atoms with E-state index in [-0.39, 0.29) is 0 Å². The van der Waals surface area contributed by atoms with Crippen LogP contribution in [-0.2, 0) is 18.9 Å². The summed E-state index contributed by atoms with van der Waals surface area (Å²) in [6.45, 7) is 13.1. The van der Waals surface area contributed by atoms with Gasteiger partial charge in [-0.1, -0.05) is 46.3 Å². The zero-order valence-electron chi connectivity index (χ0n) is 13.5. The van der Waals surface area contributed by atoms with E-state index in [4.69, 9.17) is 18.9 Å². The molecule has 0 aliphatic carbocycles. The largest absolute Gasteiger partial charge is 0.495 e. The van der Waals surface area contributed by atoms with E-state index in [0.717, 1.165) is 32.1 Å². The molecule has 4 nitrogen and oxygen atoms in total. The SMILES string of the molecule is C=C(OC)C(OCCCC)(OCCCCC)C(=C)OC. The minimum atomic E-state index is -1.22. The smallest absolute Gasteiger partial charge is 0.286 e. The minimum Gasteiger partial charge on any atom is -0.495 e. The minimum absolute atomic E-state index is 0.358. The molecule has 0 fully saturated rings. The van der Waals surface area contributed by atoms with Gasteiger partial charge < -0.3 is 18.9 Å². The van der Waals surface area contributed by atoms with Crippen LogP contribution >= 0.6 is 0 Å². The average molecular weight is 286 g/mol. The Morgan fingerprint density at radius 3 is 1.65 bits per heavy atom. The second-order valence-corrected chi connectivity index (χ2v) is 4.63. The molecule has 0 aliphatic heterocycles. The Morgan fingerprint density at radius 2 is 1.25 bits per heavy atom. The molecule has 0 radical (unpaired) electrons. The summed E-state index contributed by atoms with van der Waals surface area (Å²) in [5, 5.41) is 0. The molecule has 118 valence electrons. The lowest BCUT2D eigenvalue weighted by Crippen LogP contribution is -2.41. The Balaban J connectivity index is 4.90. The van der Waals surface area contributed by atoms with E-state index in [0.29, 0.717) is 24.7 Å². The molecule has 0 bridgehead atoms. The zero-order chi connectivity index (χ0) is 15.4. The first kappa shape index (κ1) is 19.0. The Morgan fingerprint density at radius 1 is 0.800 bits per heavy atom. The van der Waals surface area contributed by atoms with Crippen LogP contribution in [0.25, 0.3) is 0 Å². The summed E-state index contributed by atoms with van der Waals surface area (Å²) < 4.78 is 22.3. The van der Waals surface area contributed by atoms with Crippen LogP contribution in [-0.4, -0.2) is 33.2 Å². The van der Waals surface area contributed by atoms with Crippen molar-refractivity contribution < 1.29 is 18.9 Å². The molecular formula is C16H30O4. The van der Waals surface area contributed by atoms with E-state index in [9.17, 15) is 0 Å².